The second-order valence-corrected chi connectivity index (χ2v) is 4.70. The fourth-order valence-corrected chi connectivity index (χ4v) is 2.27. The number of hydrogen-bond donors (Lipinski definition) is 3. The lowest BCUT2D eigenvalue weighted by atomic mass is 10.2. The minimum absolute atomic E-state index is 0.100. The zero-order valence-corrected chi connectivity index (χ0v) is 10.7. The van der Waals surface area contributed by atoms with Gasteiger partial charge in [-0.15, -0.1) is 0 Å². The summed E-state index contributed by atoms with van der Waals surface area (Å²) in [7, 11) is 0. The number of carbonyl (C=O) groups is 3. The molecular formula is C12H13NO5S. The zero-order valence-electron chi connectivity index (χ0n) is 9.91. The zero-order chi connectivity index (χ0) is 14.3. The number of aliphatic carboxylic acids is 2. The van der Waals surface area contributed by atoms with Crippen LogP contribution in [0.5, 0.6) is 0 Å². The Hall–Kier alpha value is -2.02. The van der Waals surface area contributed by atoms with Crippen LogP contribution in [0.15, 0.2) is 30.3 Å². The molecule has 0 fully saturated rings. The second-order valence-electron chi connectivity index (χ2n) is 3.67. The van der Waals surface area contributed by atoms with Crippen molar-refractivity contribution in [2.45, 2.75) is 11.8 Å². The van der Waals surface area contributed by atoms with Gasteiger partial charge in [0, 0.05) is 11.5 Å². The van der Waals surface area contributed by atoms with E-state index in [0.717, 1.165) is 5.56 Å². The SMILES string of the molecule is O=C(O)C(=O)N[C@H](CSCc1ccccc1)C(=O)O. The molecule has 0 saturated carbocycles. The topological polar surface area (TPSA) is 104 Å². The summed E-state index contributed by atoms with van der Waals surface area (Å²) < 4.78 is 0. The highest BCUT2D eigenvalue weighted by atomic mass is 32.2. The first-order chi connectivity index (χ1) is 9.00. The number of carboxylic acids is 2. The van der Waals surface area contributed by atoms with Crippen LogP contribution >= 0.6 is 11.8 Å². The number of thioether (sulfide) groups is 1. The molecule has 1 amide bonds. The third-order valence-electron chi connectivity index (χ3n) is 2.19. The minimum Gasteiger partial charge on any atom is -0.480 e. The highest BCUT2D eigenvalue weighted by molar-refractivity contribution is 7.98. The molecule has 1 atom stereocenters. The van der Waals surface area contributed by atoms with Gasteiger partial charge < -0.3 is 15.5 Å². The van der Waals surface area contributed by atoms with Crippen molar-refractivity contribution in [3.05, 3.63) is 35.9 Å². The van der Waals surface area contributed by atoms with Crippen LogP contribution in [-0.4, -0.2) is 39.9 Å². The lowest BCUT2D eigenvalue weighted by molar-refractivity contribution is -0.151. The smallest absolute Gasteiger partial charge is 0.394 e. The van der Waals surface area contributed by atoms with Gasteiger partial charge in [-0.25, -0.2) is 9.59 Å². The molecule has 1 rings (SSSR count). The standard InChI is InChI=1S/C12H13NO5S/c14-10(12(17)18)13-9(11(15)16)7-19-6-8-4-2-1-3-5-8/h1-5,9H,6-7H2,(H,13,14)(H,15,16)(H,17,18)/t9-/m1/s1. The van der Waals surface area contributed by atoms with Crippen LogP contribution in [0.1, 0.15) is 5.56 Å². The van der Waals surface area contributed by atoms with Gasteiger partial charge in [0.15, 0.2) is 0 Å². The summed E-state index contributed by atoms with van der Waals surface area (Å²) in [6, 6.07) is 8.21. The molecule has 7 heteroatoms. The van der Waals surface area contributed by atoms with E-state index in [9.17, 15) is 14.4 Å². The van der Waals surface area contributed by atoms with Crippen LogP contribution < -0.4 is 5.32 Å². The second kappa shape index (κ2) is 7.42. The summed E-state index contributed by atoms with van der Waals surface area (Å²) >= 11 is 1.31. The predicted molar refractivity (Wildman–Crippen MR) is 69.8 cm³/mol. The average molecular weight is 283 g/mol. The van der Waals surface area contributed by atoms with Crippen molar-refractivity contribution in [1.29, 1.82) is 0 Å². The van der Waals surface area contributed by atoms with Gasteiger partial charge in [-0.05, 0) is 5.56 Å². The van der Waals surface area contributed by atoms with Crippen molar-refractivity contribution in [2.24, 2.45) is 0 Å². The number of carboxylic acid groups (broad SMARTS) is 2. The highest BCUT2D eigenvalue weighted by Crippen LogP contribution is 2.12. The van der Waals surface area contributed by atoms with Crippen molar-refractivity contribution < 1.29 is 24.6 Å². The molecule has 0 radical (unpaired) electrons. The third-order valence-corrected chi connectivity index (χ3v) is 3.30. The minimum atomic E-state index is -1.70. The Labute approximate surface area is 113 Å². The quantitative estimate of drug-likeness (QED) is 0.660. The van der Waals surface area contributed by atoms with Gasteiger partial charge in [-0.3, -0.25) is 4.79 Å². The first kappa shape index (κ1) is 15.0. The maximum atomic E-state index is 10.9. The molecule has 1 aromatic rings. The Morgan fingerprint density at radius 1 is 1.16 bits per heavy atom. The Morgan fingerprint density at radius 2 is 1.79 bits per heavy atom. The average Bonchev–Trinajstić information content (AvgIpc) is 2.38. The maximum absolute atomic E-state index is 10.9. The molecule has 0 spiro atoms. The van der Waals surface area contributed by atoms with Gasteiger partial charge in [-0.1, -0.05) is 30.3 Å². The molecule has 0 heterocycles. The van der Waals surface area contributed by atoms with E-state index in [-0.39, 0.29) is 5.75 Å². The molecule has 0 aliphatic carbocycles. The lowest BCUT2D eigenvalue weighted by Gasteiger charge is -2.12. The maximum Gasteiger partial charge on any atom is 0.394 e. The van der Waals surface area contributed by atoms with Crippen LogP contribution in [0.25, 0.3) is 0 Å². The van der Waals surface area contributed by atoms with E-state index >= 15 is 0 Å². The summed E-state index contributed by atoms with van der Waals surface area (Å²) in [4.78, 5) is 32.1. The van der Waals surface area contributed by atoms with Crippen LogP contribution in [0, 0.1) is 0 Å². The van der Waals surface area contributed by atoms with Crippen molar-refractivity contribution >= 4 is 29.6 Å². The molecule has 0 aromatic heterocycles. The molecule has 3 N–H and O–H groups in total. The molecular weight excluding hydrogens is 270 g/mol. The Kier molecular flexibility index (Phi) is 5.87. The van der Waals surface area contributed by atoms with E-state index < -0.39 is 23.9 Å². The van der Waals surface area contributed by atoms with E-state index in [4.69, 9.17) is 10.2 Å². The lowest BCUT2D eigenvalue weighted by Crippen LogP contribution is -2.45. The number of hydrogen-bond acceptors (Lipinski definition) is 4. The van der Waals surface area contributed by atoms with Crippen LogP contribution in [-0.2, 0) is 20.1 Å². The van der Waals surface area contributed by atoms with Gasteiger partial charge >= 0.3 is 17.8 Å². The first-order valence-electron chi connectivity index (χ1n) is 5.39. The largest absolute Gasteiger partial charge is 0.480 e. The van der Waals surface area contributed by atoms with Crippen molar-refractivity contribution in [3.8, 4) is 0 Å². The number of carbonyl (C=O) groups excluding carboxylic acids is 1. The van der Waals surface area contributed by atoms with E-state index in [1.54, 1.807) is 0 Å². The summed E-state index contributed by atoms with van der Waals surface area (Å²) in [6.45, 7) is 0. The van der Waals surface area contributed by atoms with Crippen molar-refractivity contribution in [1.82, 2.24) is 5.32 Å². The van der Waals surface area contributed by atoms with Crippen LogP contribution in [0.4, 0.5) is 0 Å². The van der Waals surface area contributed by atoms with Gasteiger partial charge in [0.2, 0.25) is 0 Å². The molecule has 19 heavy (non-hydrogen) atoms. The number of nitrogens with one attached hydrogen (secondary N) is 1. The molecule has 6 nitrogen and oxygen atoms in total. The molecule has 0 unspecified atom stereocenters. The molecule has 0 aliphatic rings. The normalized spacial score (nSPS) is 11.6. The molecule has 0 bridgehead atoms. The molecule has 0 saturated heterocycles. The highest BCUT2D eigenvalue weighted by Gasteiger charge is 2.23. The van der Waals surface area contributed by atoms with Gasteiger partial charge in [0.05, 0.1) is 0 Å². The van der Waals surface area contributed by atoms with E-state index in [1.165, 1.54) is 11.8 Å². The van der Waals surface area contributed by atoms with E-state index in [1.807, 2.05) is 35.6 Å². The van der Waals surface area contributed by atoms with Crippen molar-refractivity contribution in [3.63, 3.8) is 0 Å². The van der Waals surface area contributed by atoms with Gasteiger partial charge in [0.1, 0.15) is 6.04 Å². The van der Waals surface area contributed by atoms with Crippen LogP contribution in [0.3, 0.4) is 0 Å². The Morgan fingerprint density at radius 3 is 2.32 bits per heavy atom. The summed E-state index contributed by atoms with van der Waals surface area (Å²) in [5.74, 6) is -3.57. The van der Waals surface area contributed by atoms with E-state index in [0.29, 0.717) is 5.75 Å². The summed E-state index contributed by atoms with van der Waals surface area (Å²) in [5, 5.41) is 19.2. The predicted octanol–water partition coefficient (Wildman–Crippen LogP) is 0.574. The Balaban J connectivity index is 2.44. The first-order valence-corrected chi connectivity index (χ1v) is 6.54. The number of amides is 1. The molecule has 0 aliphatic heterocycles. The van der Waals surface area contributed by atoms with Gasteiger partial charge in [-0.2, -0.15) is 11.8 Å². The third kappa shape index (κ3) is 5.43. The number of rotatable bonds is 6. The monoisotopic (exact) mass is 283 g/mol. The Bertz CT molecular complexity index is 462. The molecule has 102 valence electrons. The fourth-order valence-electron chi connectivity index (χ4n) is 1.26. The molecule has 1 aromatic carbocycles. The fraction of sp³-hybridized carbons (Fsp3) is 0.250. The summed E-state index contributed by atoms with van der Waals surface area (Å²) in [5.41, 5.74) is 1.03. The van der Waals surface area contributed by atoms with Gasteiger partial charge in [0.25, 0.3) is 0 Å². The van der Waals surface area contributed by atoms with Crippen LogP contribution in [0.2, 0.25) is 0 Å². The number of benzene rings is 1. The van der Waals surface area contributed by atoms with E-state index in [2.05, 4.69) is 0 Å². The van der Waals surface area contributed by atoms with Crippen molar-refractivity contribution in [2.75, 3.05) is 5.75 Å². The summed E-state index contributed by atoms with van der Waals surface area (Å²) in [6.07, 6.45) is 0.